The number of rotatable bonds is 2. The van der Waals surface area contributed by atoms with Crippen molar-refractivity contribution in [2.45, 2.75) is 6.92 Å². The number of nitrogens with zero attached hydrogens (tertiary/aromatic N) is 2. The van der Waals surface area contributed by atoms with Gasteiger partial charge in [-0.05, 0) is 19.1 Å². The van der Waals surface area contributed by atoms with Crippen LogP contribution in [0.25, 0.3) is 16.7 Å². The second kappa shape index (κ2) is 4.55. The number of benzene rings is 1. The minimum Gasteiger partial charge on any atom is -0.478 e. The van der Waals surface area contributed by atoms with E-state index in [0.29, 0.717) is 5.69 Å². The van der Waals surface area contributed by atoms with Crippen molar-refractivity contribution in [1.82, 2.24) is 14.8 Å². The van der Waals surface area contributed by atoms with Gasteiger partial charge in [0.1, 0.15) is 17.2 Å². The molecule has 0 spiro atoms. The van der Waals surface area contributed by atoms with Crippen molar-refractivity contribution >= 4 is 17.0 Å². The van der Waals surface area contributed by atoms with Crippen LogP contribution in [0.15, 0.2) is 35.1 Å². The minimum atomic E-state index is -1.23. The highest BCUT2D eigenvalue weighted by Crippen LogP contribution is 2.23. The Labute approximate surface area is 117 Å². The minimum absolute atomic E-state index is 0.133. The summed E-state index contributed by atoms with van der Waals surface area (Å²) in [7, 11) is 0. The van der Waals surface area contributed by atoms with Crippen LogP contribution in [0.5, 0.6) is 0 Å². The summed E-state index contributed by atoms with van der Waals surface area (Å²) in [6, 6.07) is 6.90. The number of carboxylic acids is 1. The van der Waals surface area contributed by atoms with Crippen molar-refractivity contribution in [3.63, 3.8) is 0 Å². The van der Waals surface area contributed by atoms with Gasteiger partial charge in [-0.25, -0.2) is 13.9 Å². The maximum atomic E-state index is 13.9. The molecular formula is C14H10FN3O3. The van der Waals surface area contributed by atoms with Gasteiger partial charge in [0.25, 0.3) is 0 Å². The number of aromatic nitrogens is 3. The van der Waals surface area contributed by atoms with E-state index in [1.807, 2.05) is 0 Å². The van der Waals surface area contributed by atoms with Gasteiger partial charge in [-0.2, -0.15) is 5.10 Å². The van der Waals surface area contributed by atoms with Crippen molar-refractivity contribution in [3.05, 3.63) is 57.8 Å². The summed E-state index contributed by atoms with van der Waals surface area (Å²) in [6.07, 6.45) is 0. The molecule has 3 aromatic rings. The number of pyridine rings is 1. The molecule has 0 saturated heterocycles. The van der Waals surface area contributed by atoms with E-state index in [1.54, 1.807) is 13.0 Å². The zero-order valence-corrected chi connectivity index (χ0v) is 10.9. The SMILES string of the molecule is Cc1nn(-c2ccccc2F)c2[nH]c(=O)cc(C(=O)O)c12. The van der Waals surface area contributed by atoms with Crippen LogP contribution in [-0.4, -0.2) is 25.8 Å². The lowest BCUT2D eigenvalue weighted by atomic mass is 10.1. The van der Waals surface area contributed by atoms with Crippen molar-refractivity contribution in [3.8, 4) is 5.69 Å². The van der Waals surface area contributed by atoms with Crippen molar-refractivity contribution in [2.24, 2.45) is 0 Å². The number of H-pyrrole nitrogens is 1. The molecule has 0 amide bonds. The number of aromatic carboxylic acids is 1. The first-order valence-electron chi connectivity index (χ1n) is 6.10. The Morgan fingerprint density at radius 3 is 2.76 bits per heavy atom. The van der Waals surface area contributed by atoms with Crippen molar-refractivity contribution in [1.29, 1.82) is 0 Å². The molecule has 6 nitrogen and oxygen atoms in total. The van der Waals surface area contributed by atoms with E-state index in [-0.39, 0.29) is 22.3 Å². The smallest absolute Gasteiger partial charge is 0.336 e. The van der Waals surface area contributed by atoms with Crippen molar-refractivity contribution < 1.29 is 14.3 Å². The second-order valence-electron chi connectivity index (χ2n) is 4.52. The standard InChI is InChI=1S/C14H10FN3O3/c1-7-12-8(14(20)21)6-11(19)16-13(12)18(17-7)10-5-3-2-4-9(10)15/h2-6H,1H3,(H,16,19)(H,20,21). The van der Waals surface area contributed by atoms with Gasteiger partial charge in [-0.15, -0.1) is 0 Å². The van der Waals surface area contributed by atoms with E-state index in [2.05, 4.69) is 10.1 Å². The zero-order chi connectivity index (χ0) is 15.1. The Balaban J connectivity index is 2.45. The number of nitrogens with one attached hydrogen (secondary N) is 1. The molecule has 0 radical (unpaired) electrons. The van der Waals surface area contributed by atoms with E-state index in [1.165, 1.54) is 22.9 Å². The molecule has 1 aromatic carbocycles. The molecule has 7 heteroatoms. The third-order valence-corrected chi connectivity index (χ3v) is 3.16. The number of fused-ring (bicyclic) bond motifs is 1. The molecule has 2 N–H and O–H groups in total. The fraction of sp³-hybridized carbons (Fsp3) is 0.0714. The van der Waals surface area contributed by atoms with E-state index in [4.69, 9.17) is 0 Å². The van der Waals surface area contributed by atoms with Crippen molar-refractivity contribution in [2.75, 3.05) is 0 Å². The van der Waals surface area contributed by atoms with Gasteiger partial charge < -0.3 is 10.1 Å². The summed E-state index contributed by atoms with van der Waals surface area (Å²) in [4.78, 5) is 25.4. The predicted molar refractivity (Wildman–Crippen MR) is 73.3 cm³/mol. The molecule has 0 aliphatic carbocycles. The number of hydrogen-bond acceptors (Lipinski definition) is 3. The van der Waals surface area contributed by atoms with E-state index >= 15 is 0 Å². The highest BCUT2D eigenvalue weighted by atomic mass is 19.1. The fourth-order valence-electron chi connectivity index (χ4n) is 2.29. The fourth-order valence-corrected chi connectivity index (χ4v) is 2.29. The average molecular weight is 287 g/mol. The summed E-state index contributed by atoms with van der Waals surface area (Å²) in [6.45, 7) is 1.60. The molecular weight excluding hydrogens is 277 g/mol. The Morgan fingerprint density at radius 2 is 2.10 bits per heavy atom. The molecule has 0 aliphatic heterocycles. The number of carbonyl (C=O) groups is 1. The molecule has 0 fully saturated rings. The second-order valence-corrected chi connectivity index (χ2v) is 4.52. The van der Waals surface area contributed by atoms with Crippen LogP contribution in [0, 0.1) is 12.7 Å². The molecule has 0 bridgehead atoms. The van der Waals surface area contributed by atoms with Gasteiger partial charge in [0.15, 0.2) is 0 Å². The van der Waals surface area contributed by atoms with Crippen LogP contribution in [0.4, 0.5) is 4.39 Å². The van der Waals surface area contributed by atoms with E-state index < -0.39 is 17.3 Å². The molecule has 0 unspecified atom stereocenters. The molecule has 106 valence electrons. The molecule has 21 heavy (non-hydrogen) atoms. The number of aromatic amines is 1. The first-order chi connectivity index (χ1) is 9.99. The Morgan fingerprint density at radius 1 is 1.38 bits per heavy atom. The van der Waals surface area contributed by atoms with Crippen LogP contribution < -0.4 is 5.56 Å². The number of hydrogen-bond donors (Lipinski definition) is 2. The first kappa shape index (κ1) is 13.0. The Kier molecular flexibility index (Phi) is 2.83. The average Bonchev–Trinajstić information content (AvgIpc) is 2.75. The normalized spacial score (nSPS) is 11.0. The molecule has 2 heterocycles. The van der Waals surface area contributed by atoms with Crippen LogP contribution in [-0.2, 0) is 0 Å². The lowest BCUT2D eigenvalue weighted by molar-refractivity contribution is 0.0698. The Hall–Kier alpha value is -2.96. The van der Waals surface area contributed by atoms with Gasteiger partial charge in [0.05, 0.1) is 16.6 Å². The lowest BCUT2D eigenvalue weighted by Crippen LogP contribution is -2.12. The van der Waals surface area contributed by atoms with Crippen LogP contribution in [0.2, 0.25) is 0 Å². The maximum absolute atomic E-state index is 13.9. The predicted octanol–water partition coefficient (Wildman–Crippen LogP) is 1.86. The van der Waals surface area contributed by atoms with E-state index in [9.17, 15) is 19.1 Å². The highest BCUT2D eigenvalue weighted by molar-refractivity contribution is 6.02. The molecule has 3 rings (SSSR count). The number of para-hydroxylation sites is 1. The van der Waals surface area contributed by atoms with E-state index in [0.717, 1.165) is 6.07 Å². The molecule has 0 saturated carbocycles. The summed E-state index contributed by atoms with van der Waals surface area (Å²) in [5.41, 5.74) is -0.0654. The van der Waals surface area contributed by atoms with Crippen LogP contribution >= 0.6 is 0 Å². The maximum Gasteiger partial charge on any atom is 0.336 e. The highest BCUT2D eigenvalue weighted by Gasteiger charge is 2.19. The third-order valence-electron chi connectivity index (χ3n) is 3.16. The van der Waals surface area contributed by atoms with Gasteiger partial charge in [-0.1, -0.05) is 12.1 Å². The number of carboxylic acid groups (broad SMARTS) is 1. The summed E-state index contributed by atoms with van der Waals surface area (Å²) >= 11 is 0. The molecule has 0 atom stereocenters. The first-order valence-corrected chi connectivity index (χ1v) is 6.10. The molecule has 0 aliphatic rings. The van der Waals surface area contributed by atoms with Gasteiger partial charge in [-0.3, -0.25) is 4.79 Å². The topological polar surface area (TPSA) is 88.0 Å². The molecule has 2 aromatic heterocycles. The quantitative estimate of drug-likeness (QED) is 0.753. The van der Waals surface area contributed by atoms with Gasteiger partial charge in [0.2, 0.25) is 5.56 Å². The summed E-state index contributed by atoms with van der Waals surface area (Å²) in [5.74, 6) is -1.76. The van der Waals surface area contributed by atoms with Gasteiger partial charge >= 0.3 is 5.97 Å². The monoisotopic (exact) mass is 287 g/mol. The summed E-state index contributed by atoms with van der Waals surface area (Å²) in [5, 5.41) is 13.6. The number of halogens is 1. The van der Waals surface area contributed by atoms with Crippen LogP contribution in [0.3, 0.4) is 0 Å². The lowest BCUT2D eigenvalue weighted by Gasteiger charge is -2.04. The largest absolute Gasteiger partial charge is 0.478 e. The number of aryl methyl sites for hydroxylation is 1. The summed E-state index contributed by atoms with van der Waals surface area (Å²) < 4.78 is 15.1. The zero-order valence-electron chi connectivity index (χ0n) is 10.9. The van der Waals surface area contributed by atoms with Crippen LogP contribution in [0.1, 0.15) is 16.1 Å². The third kappa shape index (κ3) is 1.99. The Bertz CT molecular complexity index is 927. The van der Waals surface area contributed by atoms with Gasteiger partial charge in [0, 0.05) is 6.07 Å².